The van der Waals surface area contributed by atoms with Crippen LogP contribution in [0.3, 0.4) is 0 Å². The van der Waals surface area contributed by atoms with E-state index in [1.165, 1.54) is 18.2 Å². The molecule has 0 heterocycles. The first-order valence-electron chi connectivity index (χ1n) is 5.73. The van der Waals surface area contributed by atoms with E-state index >= 15 is 0 Å². The van der Waals surface area contributed by atoms with Crippen molar-refractivity contribution in [3.63, 3.8) is 0 Å². The van der Waals surface area contributed by atoms with E-state index in [1.807, 2.05) is 17.9 Å². The molecule has 2 N–H and O–H groups in total. The Morgan fingerprint density at radius 1 is 1.39 bits per heavy atom. The molecule has 0 amide bonds. The van der Waals surface area contributed by atoms with Gasteiger partial charge in [0.05, 0.1) is 12.6 Å². The molecule has 0 fully saturated rings. The molecular weight excluding hydrogens is 232 g/mol. The Bertz CT molecular complexity index is 466. The van der Waals surface area contributed by atoms with Crippen LogP contribution >= 0.6 is 0 Å². The summed E-state index contributed by atoms with van der Waals surface area (Å²) < 4.78 is 0. The largest absolute Gasteiger partial charge is 0.504 e. The molecule has 1 aromatic rings. The zero-order valence-corrected chi connectivity index (χ0v) is 10.3. The highest BCUT2D eigenvalue weighted by molar-refractivity contribution is 5.98. The van der Waals surface area contributed by atoms with Crippen molar-refractivity contribution < 1.29 is 15.0 Å². The maximum Gasteiger partial charge on any atom is 0.176 e. The summed E-state index contributed by atoms with van der Waals surface area (Å²) in [6.07, 6.45) is 0.377. The molecule has 0 aliphatic heterocycles. The molecule has 0 unspecified atom stereocenters. The van der Waals surface area contributed by atoms with Crippen molar-refractivity contribution in [3.8, 4) is 17.6 Å². The number of carbonyl (C=O) groups is 1. The van der Waals surface area contributed by atoms with Gasteiger partial charge in [0.1, 0.15) is 0 Å². The third-order valence-corrected chi connectivity index (χ3v) is 2.65. The van der Waals surface area contributed by atoms with Crippen LogP contribution in [0.4, 0.5) is 0 Å². The van der Waals surface area contributed by atoms with Crippen LogP contribution < -0.4 is 0 Å². The third kappa shape index (κ3) is 3.75. The SMILES string of the molecule is CCN(CCC#N)CC(=O)c1ccc(O)c(O)c1. The molecular formula is C13H16N2O3. The smallest absolute Gasteiger partial charge is 0.176 e. The molecule has 0 aliphatic rings. The van der Waals surface area contributed by atoms with Gasteiger partial charge in [-0.3, -0.25) is 9.69 Å². The number of nitriles is 1. The van der Waals surface area contributed by atoms with E-state index in [2.05, 4.69) is 0 Å². The van der Waals surface area contributed by atoms with Crippen molar-refractivity contribution in [3.05, 3.63) is 23.8 Å². The molecule has 5 heteroatoms. The predicted octanol–water partition coefficient (Wildman–Crippen LogP) is 1.52. The second-order valence-electron chi connectivity index (χ2n) is 3.90. The Hall–Kier alpha value is -2.06. The van der Waals surface area contributed by atoms with Gasteiger partial charge in [-0.2, -0.15) is 5.26 Å². The zero-order valence-electron chi connectivity index (χ0n) is 10.3. The monoisotopic (exact) mass is 248 g/mol. The second kappa shape index (κ2) is 6.62. The number of nitrogens with zero attached hydrogens (tertiary/aromatic N) is 2. The average molecular weight is 248 g/mol. The number of aromatic hydroxyl groups is 2. The number of Topliss-reactive ketones (excluding diaryl/α,β-unsaturated/α-hetero) is 1. The molecule has 0 saturated carbocycles. The first kappa shape index (κ1) is 14.0. The maximum absolute atomic E-state index is 11.9. The van der Waals surface area contributed by atoms with E-state index in [0.29, 0.717) is 25.1 Å². The summed E-state index contributed by atoms with van der Waals surface area (Å²) in [5.74, 6) is -0.700. The van der Waals surface area contributed by atoms with Crippen LogP contribution in [0, 0.1) is 11.3 Å². The molecule has 0 radical (unpaired) electrons. The molecule has 0 aliphatic carbocycles. The first-order chi connectivity index (χ1) is 8.58. The fraction of sp³-hybridized carbons (Fsp3) is 0.385. The molecule has 0 saturated heterocycles. The minimum atomic E-state index is -0.305. The molecule has 0 bridgehead atoms. The summed E-state index contributed by atoms with van der Waals surface area (Å²) in [7, 11) is 0. The molecule has 0 aromatic heterocycles. The standard InChI is InChI=1S/C13H16N2O3/c1-2-15(7-3-6-14)9-13(18)10-4-5-11(16)12(17)8-10/h4-5,8,16-17H,2-3,7,9H2,1H3. The van der Waals surface area contributed by atoms with Crippen molar-refractivity contribution in [1.82, 2.24) is 4.90 Å². The van der Waals surface area contributed by atoms with Crippen LogP contribution in [0.1, 0.15) is 23.7 Å². The normalized spacial score (nSPS) is 10.3. The summed E-state index contributed by atoms with van der Waals surface area (Å²) in [6, 6.07) is 6.04. The molecule has 0 spiro atoms. The third-order valence-electron chi connectivity index (χ3n) is 2.65. The van der Waals surface area contributed by atoms with Crippen LogP contribution in [0.2, 0.25) is 0 Å². The molecule has 1 rings (SSSR count). The Morgan fingerprint density at radius 3 is 2.67 bits per heavy atom. The topological polar surface area (TPSA) is 84.6 Å². The van der Waals surface area contributed by atoms with Crippen molar-refractivity contribution in [1.29, 1.82) is 5.26 Å². The number of likely N-dealkylation sites (N-methyl/N-ethyl adjacent to an activating group) is 1. The van der Waals surface area contributed by atoms with Gasteiger partial charge in [0, 0.05) is 18.5 Å². The van der Waals surface area contributed by atoms with Gasteiger partial charge >= 0.3 is 0 Å². The summed E-state index contributed by atoms with van der Waals surface area (Å²) in [4.78, 5) is 13.8. The van der Waals surface area contributed by atoms with Gasteiger partial charge in [0.2, 0.25) is 0 Å². The van der Waals surface area contributed by atoms with Gasteiger partial charge in [-0.05, 0) is 24.7 Å². The average Bonchev–Trinajstić information content (AvgIpc) is 2.37. The van der Waals surface area contributed by atoms with Gasteiger partial charge in [0.15, 0.2) is 17.3 Å². The number of benzene rings is 1. The lowest BCUT2D eigenvalue weighted by atomic mass is 10.1. The number of phenolic OH excluding ortho intramolecular Hbond substituents is 2. The van der Waals surface area contributed by atoms with E-state index in [4.69, 9.17) is 10.4 Å². The van der Waals surface area contributed by atoms with Crippen LogP contribution in [-0.4, -0.2) is 40.5 Å². The van der Waals surface area contributed by atoms with E-state index in [-0.39, 0.29) is 23.8 Å². The molecule has 0 atom stereocenters. The molecule has 18 heavy (non-hydrogen) atoms. The van der Waals surface area contributed by atoms with E-state index in [0.717, 1.165) is 0 Å². The number of hydrogen-bond donors (Lipinski definition) is 2. The lowest BCUT2D eigenvalue weighted by Crippen LogP contribution is -2.30. The van der Waals surface area contributed by atoms with E-state index < -0.39 is 0 Å². The van der Waals surface area contributed by atoms with Crippen molar-refractivity contribution in [2.75, 3.05) is 19.6 Å². The zero-order chi connectivity index (χ0) is 13.5. The summed E-state index contributed by atoms with van der Waals surface area (Å²) in [5.41, 5.74) is 0.348. The minimum absolute atomic E-state index is 0.148. The number of phenols is 2. The Morgan fingerprint density at radius 2 is 2.11 bits per heavy atom. The van der Waals surface area contributed by atoms with Gasteiger partial charge in [-0.25, -0.2) is 0 Å². The first-order valence-corrected chi connectivity index (χ1v) is 5.73. The van der Waals surface area contributed by atoms with E-state index in [9.17, 15) is 9.90 Å². The highest BCUT2D eigenvalue weighted by Crippen LogP contribution is 2.25. The molecule has 1 aromatic carbocycles. The number of carbonyl (C=O) groups excluding carboxylic acids is 1. The highest BCUT2D eigenvalue weighted by atomic mass is 16.3. The second-order valence-corrected chi connectivity index (χ2v) is 3.90. The lowest BCUT2D eigenvalue weighted by molar-refractivity contribution is 0.0935. The fourth-order valence-electron chi connectivity index (χ4n) is 1.55. The van der Waals surface area contributed by atoms with Gasteiger partial charge in [0.25, 0.3) is 0 Å². The van der Waals surface area contributed by atoms with Crippen molar-refractivity contribution in [2.45, 2.75) is 13.3 Å². The van der Waals surface area contributed by atoms with Gasteiger partial charge < -0.3 is 10.2 Å². The molecule has 5 nitrogen and oxygen atoms in total. The fourth-order valence-corrected chi connectivity index (χ4v) is 1.55. The summed E-state index contributed by atoms with van der Waals surface area (Å²) >= 11 is 0. The van der Waals surface area contributed by atoms with Crippen LogP contribution in [-0.2, 0) is 0 Å². The van der Waals surface area contributed by atoms with Crippen LogP contribution in [0.15, 0.2) is 18.2 Å². The van der Waals surface area contributed by atoms with E-state index in [1.54, 1.807) is 0 Å². The predicted molar refractivity (Wildman–Crippen MR) is 66.4 cm³/mol. The van der Waals surface area contributed by atoms with Crippen LogP contribution in [0.25, 0.3) is 0 Å². The minimum Gasteiger partial charge on any atom is -0.504 e. The van der Waals surface area contributed by atoms with Crippen molar-refractivity contribution >= 4 is 5.78 Å². The van der Waals surface area contributed by atoms with Crippen molar-refractivity contribution in [2.24, 2.45) is 0 Å². The van der Waals surface area contributed by atoms with Crippen LogP contribution in [0.5, 0.6) is 11.5 Å². The number of rotatable bonds is 6. The Balaban J connectivity index is 2.69. The number of hydrogen-bond acceptors (Lipinski definition) is 5. The quantitative estimate of drug-likeness (QED) is 0.589. The lowest BCUT2D eigenvalue weighted by Gasteiger charge is -2.17. The Labute approximate surface area is 106 Å². The Kier molecular flexibility index (Phi) is 5.15. The summed E-state index contributed by atoms with van der Waals surface area (Å²) in [6.45, 7) is 3.33. The van der Waals surface area contributed by atoms with Gasteiger partial charge in [-0.15, -0.1) is 0 Å². The number of ketones is 1. The highest BCUT2D eigenvalue weighted by Gasteiger charge is 2.12. The molecule has 96 valence electrons. The summed E-state index contributed by atoms with van der Waals surface area (Å²) in [5, 5.41) is 27.0. The maximum atomic E-state index is 11.9. The van der Waals surface area contributed by atoms with Gasteiger partial charge in [-0.1, -0.05) is 6.92 Å².